The molecule has 17 heavy (non-hydrogen) atoms. The number of rotatable bonds is 6. The van der Waals surface area contributed by atoms with Crippen molar-refractivity contribution < 1.29 is 4.74 Å². The molecule has 0 spiro atoms. The molecule has 0 amide bonds. The Morgan fingerprint density at radius 3 is 2.88 bits per heavy atom. The number of methoxy groups -OCH3 is 1. The molecule has 2 N–H and O–H groups in total. The lowest BCUT2D eigenvalue weighted by atomic mass is 10.3. The highest BCUT2D eigenvalue weighted by Crippen LogP contribution is 2.17. The van der Waals surface area contributed by atoms with E-state index in [-0.39, 0.29) is 0 Å². The van der Waals surface area contributed by atoms with Crippen LogP contribution in [0.3, 0.4) is 0 Å². The van der Waals surface area contributed by atoms with Crippen LogP contribution in [0, 0.1) is 0 Å². The number of hydrogen-bond donors (Lipinski definition) is 1. The Morgan fingerprint density at radius 2 is 2.12 bits per heavy atom. The summed E-state index contributed by atoms with van der Waals surface area (Å²) in [5.41, 5.74) is 7.74. The van der Waals surface area contributed by atoms with E-state index in [1.807, 2.05) is 18.2 Å². The van der Waals surface area contributed by atoms with Gasteiger partial charge in [0, 0.05) is 13.7 Å². The summed E-state index contributed by atoms with van der Waals surface area (Å²) in [4.78, 5) is 4.59. The molecular formula is C13H19N3O. The van der Waals surface area contributed by atoms with Crippen molar-refractivity contribution in [2.24, 2.45) is 5.73 Å². The zero-order valence-corrected chi connectivity index (χ0v) is 10.2. The number of hydrogen-bond acceptors (Lipinski definition) is 3. The van der Waals surface area contributed by atoms with Crippen molar-refractivity contribution in [3.63, 3.8) is 0 Å². The summed E-state index contributed by atoms with van der Waals surface area (Å²) in [5.74, 6) is 0.991. The summed E-state index contributed by atoms with van der Waals surface area (Å²) in [6.45, 7) is 2.25. The normalized spacial score (nSPS) is 11.2. The maximum Gasteiger partial charge on any atom is 0.135 e. The highest BCUT2D eigenvalue weighted by atomic mass is 16.5. The second-order valence-electron chi connectivity index (χ2n) is 4.10. The first kappa shape index (κ1) is 12.1. The molecule has 0 unspecified atom stereocenters. The van der Waals surface area contributed by atoms with Crippen LogP contribution in [0.25, 0.3) is 11.0 Å². The average molecular weight is 233 g/mol. The number of ether oxygens (including phenoxy) is 1. The summed E-state index contributed by atoms with van der Waals surface area (Å²) < 4.78 is 7.43. The Bertz CT molecular complexity index is 478. The van der Waals surface area contributed by atoms with Crippen LogP contribution < -0.4 is 5.73 Å². The number of unbranched alkanes of at least 4 members (excludes halogenated alkanes) is 1. The van der Waals surface area contributed by atoms with Crippen LogP contribution in [0.4, 0.5) is 0 Å². The van der Waals surface area contributed by atoms with E-state index < -0.39 is 0 Å². The summed E-state index contributed by atoms with van der Waals surface area (Å²) in [5, 5.41) is 0. The lowest BCUT2D eigenvalue weighted by molar-refractivity contribution is 0.174. The van der Waals surface area contributed by atoms with Crippen LogP contribution in [-0.4, -0.2) is 23.2 Å². The van der Waals surface area contributed by atoms with Gasteiger partial charge in [-0.15, -0.1) is 0 Å². The molecule has 0 atom stereocenters. The fourth-order valence-electron chi connectivity index (χ4n) is 2.03. The van der Waals surface area contributed by atoms with Gasteiger partial charge in [0.2, 0.25) is 0 Å². The van der Waals surface area contributed by atoms with Crippen molar-refractivity contribution in [2.75, 3.05) is 13.7 Å². The number of aromatic nitrogens is 2. The van der Waals surface area contributed by atoms with Crippen LogP contribution in [0.5, 0.6) is 0 Å². The Hall–Kier alpha value is -1.39. The van der Waals surface area contributed by atoms with Gasteiger partial charge in [0.25, 0.3) is 0 Å². The van der Waals surface area contributed by atoms with Gasteiger partial charge in [-0.25, -0.2) is 4.98 Å². The van der Waals surface area contributed by atoms with E-state index in [4.69, 9.17) is 10.5 Å². The predicted octanol–water partition coefficient (Wildman–Crippen LogP) is 1.92. The standard InChI is InChI=1S/C13H19N3O/c1-17-10-13-15-11-6-2-3-7-12(11)16(13)9-5-4-8-14/h2-3,6-7H,4-5,8-10,14H2,1H3. The number of aryl methyl sites for hydroxylation is 1. The zero-order valence-electron chi connectivity index (χ0n) is 10.2. The summed E-state index contributed by atoms with van der Waals surface area (Å²) in [7, 11) is 1.70. The smallest absolute Gasteiger partial charge is 0.135 e. The van der Waals surface area contributed by atoms with E-state index in [0.717, 1.165) is 37.3 Å². The van der Waals surface area contributed by atoms with Crippen molar-refractivity contribution in [1.82, 2.24) is 9.55 Å². The van der Waals surface area contributed by atoms with Crippen LogP contribution in [-0.2, 0) is 17.9 Å². The van der Waals surface area contributed by atoms with Gasteiger partial charge in [-0.3, -0.25) is 0 Å². The average Bonchev–Trinajstić information content (AvgIpc) is 2.69. The van der Waals surface area contributed by atoms with Crippen LogP contribution in [0.15, 0.2) is 24.3 Å². The minimum Gasteiger partial charge on any atom is -0.377 e. The molecule has 0 aliphatic heterocycles. The summed E-state index contributed by atoms with van der Waals surface area (Å²) in [6, 6.07) is 8.19. The molecule has 0 fully saturated rings. The third-order valence-electron chi connectivity index (χ3n) is 2.84. The summed E-state index contributed by atoms with van der Waals surface area (Å²) >= 11 is 0. The molecule has 0 saturated heterocycles. The molecule has 0 saturated carbocycles. The van der Waals surface area contributed by atoms with Gasteiger partial charge in [0.15, 0.2) is 0 Å². The molecule has 2 aromatic rings. The highest BCUT2D eigenvalue weighted by molar-refractivity contribution is 5.75. The number of imidazole rings is 1. The second-order valence-corrected chi connectivity index (χ2v) is 4.10. The lowest BCUT2D eigenvalue weighted by Gasteiger charge is -2.08. The summed E-state index contributed by atoms with van der Waals surface area (Å²) in [6.07, 6.45) is 2.12. The fourth-order valence-corrected chi connectivity index (χ4v) is 2.03. The Morgan fingerprint density at radius 1 is 1.29 bits per heavy atom. The first-order valence-electron chi connectivity index (χ1n) is 6.00. The maximum absolute atomic E-state index is 5.53. The molecule has 0 aliphatic rings. The monoisotopic (exact) mass is 233 g/mol. The second kappa shape index (κ2) is 5.80. The van der Waals surface area contributed by atoms with Gasteiger partial charge < -0.3 is 15.0 Å². The van der Waals surface area contributed by atoms with E-state index in [2.05, 4.69) is 15.6 Å². The minimum atomic E-state index is 0.553. The highest BCUT2D eigenvalue weighted by Gasteiger charge is 2.09. The molecule has 1 aromatic carbocycles. The fraction of sp³-hybridized carbons (Fsp3) is 0.462. The SMILES string of the molecule is COCc1nc2ccccc2n1CCCCN. The molecule has 0 radical (unpaired) electrons. The molecule has 1 aromatic heterocycles. The Kier molecular flexibility index (Phi) is 4.12. The largest absolute Gasteiger partial charge is 0.377 e. The molecule has 4 nitrogen and oxygen atoms in total. The van der Waals surface area contributed by atoms with Gasteiger partial charge in [0.05, 0.1) is 11.0 Å². The number of benzene rings is 1. The predicted molar refractivity (Wildman–Crippen MR) is 68.7 cm³/mol. The molecule has 0 bridgehead atoms. The van der Waals surface area contributed by atoms with Crippen molar-refractivity contribution >= 4 is 11.0 Å². The number of nitrogens with two attached hydrogens (primary N) is 1. The van der Waals surface area contributed by atoms with Crippen LogP contribution in [0.2, 0.25) is 0 Å². The Balaban J connectivity index is 2.30. The van der Waals surface area contributed by atoms with E-state index in [1.54, 1.807) is 7.11 Å². The topological polar surface area (TPSA) is 53.1 Å². The molecular weight excluding hydrogens is 214 g/mol. The van der Waals surface area contributed by atoms with E-state index >= 15 is 0 Å². The first-order valence-corrected chi connectivity index (χ1v) is 6.00. The van der Waals surface area contributed by atoms with Crippen molar-refractivity contribution in [3.05, 3.63) is 30.1 Å². The van der Waals surface area contributed by atoms with E-state index in [9.17, 15) is 0 Å². The van der Waals surface area contributed by atoms with Crippen LogP contribution >= 0.6 is 0 Å². The minimum absolute atomic E-state index is 0.553. The Labute approximate surface area is 101 Å². The molecule has 92 valence electrons. The van der Waals surface area contributed by atoms with Crippen molar-refractivity contribution in [1.29, 1.82) is 0 Å². The van der Waals surface area contributed by atoms with Gasteiger partial charge in [0.1, 0.15) is 12.4 Å². The van der Waals surface area contributed by atoms with Gasteiger partial charge >= 0.3 is 0 Å². The van der Waals surface area contributed by atoms with Gasteiger partial charge in [-0.1, -0.05) is 12.1 Å². The third kappa shape index (κ3) is 2.65. The van der Waals surface area contributed by atoms with Crippen LogP contribution in [0.1, 0.15) is 18.7 Å². The molecule has 4 heteroatoms. The zero-order chi connectivity index (χ0) is 12.1. The molecule has 2 rings (SSSR count). The van der Waals surface area contributed by atoms with Gasteiger partial charge in [-0.2, -0.15) is 0 Å². The third-order valence-corrected chi connectivity index (χ3v) is 2.84. The number of fused-ring (bicyclic) bond motifs is 1. The lowest BCUT2D eigenvalue weighted by Crippen LogP contribution is -2.07. The number of nitrogens with zero attached hydrogens (tertiary/aromatic N) is 2. The van der Waals surface area contributed by atoms with E-state index in [0.29, 0.717) is 6.61 Å². The molecule has 1 heterocycles. The van der Waals surface area contributed by atoms with Crippen molar-refractivity contribution in [2.45, 2.75) is 26.0 Å². The molecule has 0 aliphatic carbocycles. The number of para-hydroxylation sites is 2. The van der Waals surface area contributed by atoms with Gasteiger partial charge in [-0.05, 0) is 31.5 Å². The quantitative estimate of drug-likeness (QED) is 0.775. The maximum atomic E-state index is 5.53. The van der Waals surface area contributed by atoms with Crippen molar-refractivity contribution in [3.8, 4) is 0 Å². The first-order chi connectivity index (χ1) is 8.36. The van der Waals surface area contributed by atoms with E-state index in [1.165, 1.54) is 5.52 Å².